The van der Waals surface area contributed by atoms with E-state index in [2.05, 4.69) is 15.0 Å². The topological polar surface area (TPSA) is 44.8 Å². The monoisotopic (exact) mass is 488 g/mol. The van der Waals surface area contributed by atoms with Crippen molar-refractivity contribution >= 4 is 28.5 Å². The Balaban J connectivity index is 1.63. The number of hydrogen-bond acceptors (Lipinski definition) is 3. The van der Waals surface area contributed by atoms with Crippen LogP contribution in [0.15, 0.2) is 24.3 Å². The van der Waals surface area contributed by atoms with Crippen molar-refractivity contribution in [1.82, 2.24) is 15.0 Å². The Morgan fingerprint density at radius 2 is 1.67 bits per heavy atom. The van der Waals surface area contributed by atoms with E-state index >= 15 is 0 Å². The quantitative estimate of drug-likeness (QED) is 0.406. The molecule has 3 heterocycles. The van der Waals surface area contributed by atoms with Crippen molar-refractivity contribution in [3.05, 3.63) is 51.9 Å². The third-order valence-corrected chi connectivity index (χ3v) is 6.78. The lowest BCUT2D eigenvalue weighted by molar-refractivity contribution is -0.147. The molecule has 1 saturated carbocycles. The highest BCUT2D eigenvalue weighted by Crippen LogP contribution is 2.44. The summed E-state index contributed by atoms with van der Waals surface area (Å²) in [7, 11) is 0. The Bertz CT molecular complexity index is 1170. The molecule has 3 aromatic rings. The van der Waals surface area contributed by atoms with Crippen molar-refractivity contribution < 1.29 is 26.3 Å². The molecule has 1 aromatic carbocycles. The van der Waals surface area contributed by atoms with E-state index in [0.717, 1.165) is 41.4 Å². The maximum Gasteiger partial charge on any atom is 0.433 e. The molecule has 0 unspecified atom stereocenters. The van der Waals surface area contributed by atoms with Gasteiger partial charge in [0, 0.05) is 28.2 Å². The van der Waals surface area contributed by atoms with E-state index in [1.165, 1.54) is 4.90 Å². The molecule has 1 aliphatic carbocycles. The van der Waals surface area contributed by atoms with Gasteiger partial charge in [-0.25, -0.2) is 9.97 Å². The Morgan fingerprint density at radius 1 is 1.00 bits per heavy atom. The summed E-state index contributed by atoms with van der Waals surface area (Å²) in [6.07, 6.45) is -6.04. The average Bonchev–Trinajstić information content (AvgIpc) is 3.07. The number of rotatable bonds is 3. The van der Waals surface area contributed by atoms with Crippen LogP contribution in [0.3, 0.4) is 0 Å². The van der Waals surface area contributed by atoms with E-state index in [9.17, 15) is 26.3 Å². The first-order valence-corrected chi connectivity index (χ1v) is 11.0. The maximum absolute atomic E-state index is 13.4. The SMILES string of the molecule is FC(F)(F)c1cc(C(F)(F)F)nc(N2CCc3c([nH]c4ccc(Cl)cc34)[C@@H]2CC2CCC2)n1. The van der Waals surface area contributed by atoms with Crippen LogP contribution in [0.25, 0.3) is 10.9 Å². The summed E-state index contributed by atoms with van der Waals surface area (Å²) < 4.78 is 80.4. The molecule has 0 bridgehead atoms. The highest BCUT2D eigenvalue weighted by molar-refractivity contribution is 6.31. The van der Waals surface area contributed by atoms with E-state index in [1.54, 1.807) is 6.07 Å². The lowest BCUT2D eigenvalue weighted by atomic mass is 9.79. The van der Waals surface area contributed by atoms with Gasteiger partial charge in [0.1, 0.15) is 0 Å². The zero-order valence-electron chi connectivity index (χ0n) is 17.2. The highest BCUT2D eigenvalue weighted by atomic mass is 35.5. The first-order valence-electron chi connectivity index (χ1n) is 10.6. The molecule has 2 aromatic heterocycles. The highest BCUT2D eigenvalue weighted by Gasteiger charge is 2.42. The fourth-order valence-electron chi connectivity index (χ4n) is 4.72. The summed E-state index contributed by atoms with van der Waals surface area (Å²) in [6.45, 7) is 0.197. The van der Waals surface area contributed by atoms with Gasteiger partial charge in [0.2, 0.25) is 5.95 Å². The number of H-pyrrole nitrogens is 1. The summed E-state index contributed by atoms with van der Waals surface area (Å²) in [6, 6.07) is 4.88. The number of benzene rings is 1. The number of hydrogen-bond donors (Lipinski definition) is 1. The predicted octanol–water partition coefficient (Wildman–Crippen LogP) is 6.94. The van der Waals surface area contributed by atoms with Gasteiger partial charge in [-0.1, -0.05) is 30.9 Å². The Labute approximate surface area is 190 Å². The number of nitrogens with one attached hydrogen (secondary N) is 1. The van der Waals surface area contributed by atoms with Crippen LogP contribution < -0.4 is 4.90 Å². The molecule has 11 heteroatoms. The number of nitrogens with zero attached hydrogens (tertiary/aromatic N) is 3. The molecule has 2 aliphatic rings. The summed E-state index contributed by atoms with van der Waals surface area (Å²) in [4.78, 5) is 11.9. The lowest BCUT2D eigenvalue weighted by Crippen LogP contribution is -2.39. The van der Waals surface area contributed by atoms with Gasteiger partial charge in [-0.3, -0.25) is 0 Å². The van der Waals surface area contributed by atoms with E-state index < -0.39 is 35.7 Å². The van der Waals surface area contributed by atoms with Gasteiger partial charge >= 0.3 is 12.4 Å². The van der Waals surface area contributed by atoms with Gasteiger partial charge < -0.3 is 9.88 Å². The fourth-order valence-corrected chi connectivity index (χ4v) is 4.89. The summed E-state index contributed by atoms with van der Waals surface area (Å²) in [5, 5.41) is 1.47. The summed E-state index contributed by atoms with van der Waals surface area (Å²) in [5.41, 5.74) is -0.616. The molecule has 4 nitrogen and oxygen atoms in total. The Kier molecular flexibility index (Phi) is 5.26. The van der Waals surface area contributed by atoms with Crippen LogP contribution in [-0.2, 0) is 18.8 Å². The predicted molar refractivity (Wildman–Crippen MR) is 111 cm³/mol. The lowest BCUT2D eigenvalue weighted by Gasteiger charge is -2.40. The van der Waals surface area contributed by atoms with Crippen LogP contribution in [0.4, 0.5) is 32.3 Å². The molecular formula is C22H19ClF6N4. The van der Waals surface area contributed by atoms with E-state index in [4.69, 9.17) is 11.6 Å². The number of alkyl halides is 6. The Morgan fingerprint density at radius 3 is 2.24 bits per heavy atom. The van der Waals surface area contributed by atoms with E-state index in [1.807, 2.05) is 12.1 Å². The second-order valence-corrected chi connectivity index (χ2v) is 9.07. The number of fused-ring (bicyclic) bond motifs is 3. The van der Waals surface area contributed by atoms with Crippen LogP contribution in [0.1, 0.15) is 54.4 Å². The van der Waals surface area contributed by atoms with Gasteiger partial charge in [0.15, 0.2) is 11.4 Å². The molecule has 1 N–H and O–H groups in total. The van der Waals surface area contributed by atoms with Gasteiger partial charge in [0.25, 0.3) is 0 Å². The summed E-state index contributed by atoms with van der Waals surface area (Å²) >= 11 is 6.16. The fraction of sp³-hybridized carbons (Fsp3) is 0.455. The molecule has 0 amide bonds. The zero-order chi connectivity index (χ0) is 23.5. The molecule has 0 spiro atoms. The van der Waals surface area contributed by atoms with Crippen LogP contribution in [0, 0.1) is 5.92 Å². The molecule has 176 valence electrons. The van der Waals surface area contributed by atoms with Crippen molar-refractivity contribution in [2.75, 3.05) is 11.4 Å². The molecule has 5 rings (SSSR count). The minimum absolute atomic E-state index is 0.0370. The van der Waals surface area contributed by atoms with E-state index in [-0.39, 0.29) is 12.6 Å². The number of aromatic amines is 1. The van der Waals surface area contributed by atoms with Gasteiger partial charge in [-0.05, 0) is 48.6 Å². The van der Waals surface area contributed by atoms with Crippen LogP contribution in [0.2, 0.25) is 5.02 Å². The van der Waals surface area contributed by atoms with Crippen molar-refractivity contribution in [2.45, 2.75) is 50.5 Å². The van der Waals surface area contributed by atoms with E-state index in [0.29, 0.717) is 23.8 Å². The minimum atomic E-state index is -5.03. The van der Waals surface area contributed by atoms with Crippen LogP contribution in [-0.4, -0.2) is 21.5 Å². The largest absolute Gasteiger partial charge is 0.433 e. The summed E-state index contributed by atoms with van der Waals surface area (Å²) in [5.74, 6) is -0.213. The van der Waals surface area contributed by atoms with Gasteiger partial charge in [0.05, 0.1) is 6.04 Å². The third-order valence-electron chi connectivity index (χ3n) is 6.55. The zero-order valence-corrected chi connectivity index (χ0v) is 18.0. The smallest absolute Gasteiger partial charge is 0.356 e. The maximum atomic E-state index is 13.4. The van der Waals surface area contributed by atoms with Crippen LogP contribution >= 0.6 is 11.6 Å². The van der Waals surface area contributed by atoms with Crippen LogP contribution in [0.5, 0.6) is 0 Å². The second kappa shape index (κ2) is 7.78. The van der Waals surface area contributed by atoms with Crippen molar-refractivity contribution in [3.63, 3.8) is 0 Å². The van der Waals surface area contributed by atoms with Gasteiger partial charge in [-0.15, -0.1) is 0 Å². The number of aromatic nitrogens is 3. The Hall–Kier alpha value is -2.49. The first kappa shape index (κ1) is 22.3. The first-order chi connectivity index (χ1) is 15.5. The molecule has 33 heavy (non-hydrogen) atoms. The van der Waals surface area contributed by atoms with Gasteiger partial charge in [-0.2, -0.15) is 26.3 Å². The molecule has 1 aliphatic heterocycles. The normalized spacial score (nSPS) is 19.6. The third kappa shape index (κ3) is 4.13. The average molecular weight is 489 g/mol. The van der Waals surface area contributed by atoms with Crippen molar-refractivity contribution in [2.24, 2.45) is 5.92 Å². The van der Waals surface area contributed by atoms with Crippen molar-refractivity contribution in [1.29, 1.82) is 0 Å². The number of anilines is 1. The number of halogens is 7. The minimum Gasteiger partial charge on any atom is -0.356 e. The standard InChI is InChI=1S/C22H19ClF6N4/c23-12-4-5-15-14(9-12)13-6-7-33(16(19(13)30-15)8-11-2-1-3-11)20-31-17(21(24,25)26)10-18(32-20)22(27,28)29/h4-5,9-11,16,30H,1-3,6-8H2/t16-/m0/s1. The molecular weight excluding hydrogens is 470 g/mol. The molecule has 0 radical (unpaired) electrons. The molecule has 1 atom stereocenters. The second-order valence-electron chi connectivity index (χ2n) is 8.63. The molecule has 0 saturated heterocycles. The molecule has 1 fully saturated rings. The van der Waals surface area contributed by atoms with Crippen molar-refractivity contribution in [3.8, 4) is 0 Å².